The Morgan fingerprint density at radius 3 is 2.51 bits per heavy atom. The number of carbonyl (C=O) groups is 1. The molecule has 0 saturated carbocycles. The number of carbonyl (C=O) groups excluding carboxylic acids is 1. The quantitative estimate of drug-likeness (QED) is 0.247. The summed E-state index contributed by atoms with van der Waals surface area (Å²) >= 11 is 3.79. The van der Waals surface area contributed by atoms with Crippen LogP contribution in [0.2, 0.25) is 0 Å². The van der Waals surface area contributed by atoms with Gasteiger partial charge in [-0.05, 0) is 93.0 Å². The molecule has 0 bridgehead atoms. The van der Waals surface area contributed by atoms with Crippen molar-refractivity contribution >= 4 is 44.5 Å². The van der Waals surface area contributed by atoms with Crippen molar-refractivity contribution in [2.75, 3.05) is 26.3 Å². The summed E-state index contributed by atoms with van der Waals surface area (Å²) in [6.07, 6.45) is 3.50. The van der Waals surface area contributed by atoms with E-state index < -0.39 is 5.41 Å². The average molecular weight is 611 g/mol. The van der Waals surface area contributed by atoms with Crippen molar-refractivity contribution in [1.29, 1.82) is 0 Å². The number of benzene rings is 2. The van der Waals surface area contributed by atoms with Gasteiger partial charge in [-0.25, -0.2) is 0 Å². The van der Waals surface area contributed by atoms with E-state index in [1.54, 1.807) is 0 Å². The van der Waals surface area contributed by atoms with Crippen LogP contribution in [-0.4, -0.2) is 43.3 Å². The molecule has 0 aromatic heterocycles. The van der Waals surface area contributed by atoms with Crippen LogP contribution >= 0.6 is 32.9 Å². The van der Waals surface area contributed by atoms with Crippen LogP contribution in [-0.2, 0) is 11.2 Å². The van der Waals surface area contributed by atoms with Gasteiger partial charge in [0.15, 0.2) is 0 Å². The molecule has 1 atom stereocenters. The molecule has 35 heavy (non-hydrogen) atoms. The van der Waals surface area contributed by atoms with Gasteiger partial charge < -0.3 is 9.47 Å². The van der Waals surface area contributed by atoms with Crippen LogP contribution in [0.1, 0.15) is 56.7 Å². The Morgan fingerprint density at radius 2 is 1.83 bits per heavy atom. The first-order valence-electron chi connectivity index (χ1n) is 12.0. The summed E-state index contributed by atoms with van der Waals surface area (Å²) in [6.45, 7) is 7.92. The summed E-state index contributed by atoms with van der Waals surface area (Å²) in [5.41, 5.74) is 4.08. The maximum atomic E-state index is 12.4. The summed E-state index contributed by atoms with van der Waals surface area (Å²) in [7, 11) is 0. The summed E-state index contributed by atoms with van der Waals surface area (Å²) in [5, 5.41) is 0. The molecular weight excluding hydrogens is 577 g/mol. The van der Waals surface area contributed by atoms with Gasteiger partial charge in [0.1, 0.15) is 17.6 Å². The third-order valence-electron chi connectivity index (χ3n) is 6.34. The minimum atomic E-state index is -0.543. The van der Waals surface area contributed by atoms with Crippen LogP contribution in [0.15, 0.2) is 46.9 Å². The van der Waals surface area contributed by atoms with Crippen molar-refractivity contribution in [2.24, 2.45) is 5.41 Å². The van der Waals surface area contributed by atoms with E-state index in [4.69, 9.17) is 9.47 Å². The van der Waals surface area contributed by atoms with Crippen LogP contribution in [0.25, 0.3) is 5.57 Å². The maximum Gasteiger partial charge on any atom is 0.316 e. The summed E-state index contributed by atoms with van der Waals surface area (Å²) in [5.74, 6) is 1.22. The normalized spacial score (nSPS) is 18.1. The molecule has 7 heteroatoms. The van der Waals surface area contributed by atoms with Crippen molar-refractivity contribution in [1.82, 2.24) is 4.90 Å². The Labute approximate surface area is 226 Å². The molecular formula is C28H34Br2FNO3. The Kier molecular flexibility index (Phi) is 9.58. The number of likely N-dealkylation sites (tertiary alicyclic amines) is 1. The lowest BCUT2D eigenvalue weighted by atomic mass is 9.86. The van der Waals surface area contributed by atoms with Gasteiger partial charge in [-0.1, -0.05) is 34.1 Å². The highest BCUT2D eigenvalue weighted by atomic mass is 79.9. The molecule has 0 amide bonds. The number of hydrogen-bond donors (Lipinski definition) is 0. The van der Waals surface area contributed by atoms with Crippen LogP contribution in [0.4, 0.5) is 4.39 Å². The second kappa shape index (κ2) is 12.0. The van der Waals surface area contributed by atoms with Gasteiger partial charge in [-0.3, -0.25) is 14.1 Å². The third-order valence-corrected chi connectivity index (χ3v) is 7.13. The molecule has 4 rings (SSSR count). The lowest BCUT2D eigenvalue weighted by molar-refractivity contribution is -0.143. The molecule has 0 spiro atoms. The molecule has 2 aromatic carbocycles. The molecule has 4 nitrogen and oxygen atoms in total. The highest BCUT2D eigenvalue weighted by molar-refractivity contribution is 9.11. The van der Waals surface area contributed by atoms with E-state index in [9.17, 15) is 9.18 Å². The maximum absolute atomic E-state index is 12.4. The van der Waals surface area contributed by atoms with Crippen molar-refractivity contribution in [3.8, 4) is 11.5 Å². The number of hydrogen-bond acceptors (Lipinski definition) is 4. The Balaban J connectivity index is 0.00000342. The summed E-state index contributed by atoms with van der Waals surface area (Å²) in [4.78, 5) is 14.6. The Morgan fingerprint density at radius 1 is 1.11 bits per heavy atom. The molecule has 2 aromatic rings. The molecule has 0 N–H and O–H groups in total. The number of rotatable bonds is 7. The summed E-state index contributed by atoms with van der Waals surface area (Å²) < 4.78 is 25.4. The van der Waals surface area contributed by atoms with E-state index in [0.717, 1.165) is 55.8 Å². The van der Waals surface area contributed by atoms with Crippen LogP contribution < -0.4 is 9.47 Å². The SMILES string of the molecule is Br.CC(C)(C)C(=O)Oc1ccc2c(c1)CCC(Br)=C2c1ccc(O[C@H]2CCN(CCCF)C2)cc1. The fourth-order valence-electron chi connectivity index (χ4n) is 4.44. The van der Waals surface area contributed by atoms with E-state index in [0.29, 0.717) is 12.2 Å². The predicted octanol–water partition coefficient (Wildman–Crippen LogP) is 7.13. The number of alkyl halides is 1. The highest BCUT2D eigenvalue weighted by Gasteiger charge is 2.26. The number of aryl methyl sites for hydroxylation is 1. The molecule has 1 aliphatic heterocycles. The van der Waals surface area contributed by atoms with Crippen LogP contribution in [0.5, 0.6) is 11.5 Å². The van der Waals surface area contributed by atoms with Gasteiger partial charge in [0.2, 0.25) is 0 Å². The average Bonchev–Trinajstić information content (AvgIpc) is 3.25. The molecule has 190 valence electrons. The fraction of sp³-hybridized carbons (Fsp3) is 0.464. The lowest BCUT2D eigenvalue weighted by Crippen LogP contribution is -2.26. The zero-order valence-corrected chi connectivity index (χ0v) is 23.9. The first-order valence-corrected chi connectivity index (χ1v) is 12.8. The molecule has 1 fully saturated rings. The lowest BCUT2D eigenvalue weighted by Gasteiger charge is -2.23. The number of ether oxygens (including phenoxy) is 2. The van der Waals surface area contributed by atoms with Gasteiger partial charge in [0.05, 0.1) is 12.1 Å². The Bertz CT molecular complexity index is 1060. The largest absolute Gasteiger partial charge is 0.489 e. The van der Waals surface area contributed by atoms with Crippen molar-refractivity contribution in [2.45, 2.75) is 52.6 Å². The van der Waals surface area contributed by atoms with Gasteiger partial charge in [0, 0.05) is 24.1 Å². The molecule has 1 heterocycles. The second-order valence-electron chi connectivity index (χ2n) is 10.1. The predicted molar refractivity (Wildman–Crippen MR) is 148 cm³/mol. The zero-order valence-electron chi connectivity index (χ0n) is 20.6. The summed E-state index contributed by atoms with van der Waals surface area (Å²) in [6, 6.07) is 14.2. The molecule has 0 radical (unpaired) electrons. The standard InChI is InChI=1S/C28H33BrFNO3.BrH/c1-28(2,3)27(32)34-22-10-11-24-20(17-22)7-12-25(29)26(24)19-5-8-21(9-6-19)33-23-13-16-31(18-23)15-4-14-30;/h5-6,8-11,17,23H,4,7,12-16,18H2,1-3H3;1H/t23-;/m0./s1. The molecule has 2 aliphatic rings. The van der Waals surface area contributed by atoms with Gasteiger partial charge in [-0.2, -0.15) is 0 Å². The monoisotopic (exact) mass is 609 g/mol. The number of esters is 1. The smallest absolute Gasteiger partial charge is 0.316 e. The minimum absolute atomic E-state index is 0. The molecule has 1 aliphatic carbocycles. The second-order valence-corrected chi connectivity index (χ2v) is 11.1. The molecule has 1 saturated heterocycles. The van der Waals surface area contributed by atoms with Crippen molar-refractivity contribution in [3.63, 3.8) is 0 Å². The highest BCUT2D eigenvalue weighted by Crippen LogP contribution is 2.40. The van der Waals surface area contributed by atoms with Gasteiger partial charge in [0.25, 0.3) is 0 Å². The third kappa shape index (κ3) is 6.95. The number of nitrogens with zero attached hydrogens (tertiary/aromatic N) is 1. The Hall–Kier alpha value is -1.70. The number of fused-ring (bicyclic) bond motifs is 1. The van der Waals surface area contributed by atoms with Gasteiger partial charge in [-0.15, -0.1) is 17.0 Å². The van der Waals surface area contributed by atoms with E-state index in [1.807, 2.05) is 51.1 Å². The van der Waals surface area contributed by atoms with E-state index in [1.165, 1.54) is 15.6 Å². The van der Waals surface area contributed by atoms with Crippen LogP contribution in [0, 0.1) is 5.41 Å². The number of allylic oxidation sites excluding steroid dienone is 1. The number of halogens is 3. The topological polar surface area (TPSA) is 38.8 Å². The first-order chi connectivity index (χ1) is 16.2. The van der Waals surface area contributed by atoms with Gasteiger partial charge >= 0.3 is 5.97 Å². The van der Waals surface area contributed by atoms with Crippen molar-refractivity contribution in [3.05, 3.63) is 63.6 Å². The van der Waals surface area contributed by atoms with E-state index in [2.05, 4.69) is 33.0 Å². The van der Waals surface area contributed by atoms with E-state index >= 15 is 0 Å². The first kappa shape index (κ1) is 27.9. The minimum Gasteiger partial charge on any atom is -0.489 e. The van der Waals surface area contributed by atoms with E-state index in [-0.39, 0.29) is 35.7 Å². The zero-order chi connectivity index (χ0) is 24.3. The fourth-order valence-corrected chi connectivity index (χ4v) is 5.09. The molecule has 0 unspecified atom stereocenters. The van der Waals surface area contributed by atoms with Crippen molar-refractivity contribution < 1.29 is 18.7 Å². The van der Waals surface area contributed by atoms with Crippen LogP contribution in [0.3, 0.4) is 0 Å².